The largest absolute Gasteiger partial charge is 0.212 e. The third-order valence-corrected chi connectivity index (χ3v) is 13.7. The summed E-state index contributed by atoms with van der Waals surface area (Å²) in [7, 11) is 0. The summed E-state index contributed by atoms with van der Waals surface area (Å²) >= 11 is 1.87. The molecule has 0 amide bonds. The zero-order valence-corrected chi connectivity index (χ0v) is 34.6. The van der Waals surface area contributed by atoms with Crippen LogP contribution in [0.5, 0.6) is 0 Å². The number of allylic oxidation sites excluding steroid dienone is 10. The van der Waals surface area contributed by atoms with Gasteiger partial charge in [-0.25, -0.2) is 15.0 Å². The number of nitrogens with zero attached hydrogens (tertiary/aromatic N) is 3. The first kappa shape index (κ1) is 36.5. The van der Waals surface area contributed by atoms with Gasteiger partial charge in [0.15, 0.2) is 11.6 Å². The van der Waals surface area contributed by atoms with Crippen LogP contribution in [0.1, 0.15) is 28.8 Å². The number of fused-ring (bicyclic) bond motifs is 4. The molecule has 3 nitrogen and oxygen atoms in total. The Morgan fingerprint density at radius 1 is 0.435 bits per heavy atom. The van der Waals surface area contributed by atoms with E-state index < -0.39 is 0 Å². The van der Waals surface area contributed by atoms with Crippen LogP contribution in [-0.2, 0) is 0 Å². The minimum atomic E-state index is -0.0863. The monoisotopic (exact) mass is 809 g/mol. The highest BCUT2D eigenvalue weighted by atomic mass is 32.2. The van der Waals surface area contributed by atoms with E-state index in [1.54, 1.807) is 0 Å². The molecule has 0 radical (unpaired) electrons. The molecule has 0 saturated carbocycles. The SMILES string of the molecule is C1=CC2=C[C@@H]2C(c2ccccc2-c2nc(-c3ccccc3)nc(C3C=CC=C4Sc5ccc(-c6ccc(-c7cccc(-c8ccccc8)c7)cc6-c6ccccc6)cc5C43)n2)=C1. The lowest BCUT2D eigenvalue weighted by Gasteiger charge is -2.25. The first-order chi connectivity index (χ1) is 30.7. The van der Waals surface area contributed by atoms with E-state index in [1.807, 2.05) is 17.8 Å². The third kappa shape index (κ3) is 6.61. The second kappa shape index (κ2) is 15.3. The minimum Gasteiger partial charge on any atom is -0.212 e. The normalized spacial score (nSPS) is 17.9. The van der Waals surface area contributed by atoms with Crippen molar-refractivity contribution in [1.29, 1.82) is 0 Å². The molecule has 7 aromatic carbocycles. The average molecular weight is 810 g/mol. The smallest absolute Gasteiger partial charge is 0.164 e. The summed E-state index contributed by atoms with van der Waals surface area (Å²) < 4.78 is 0. The Morgan fingerprint density at radius 2 is 1.10 bits per heavy atom. The highest BCUT2D eigenvalue weighted by molar-refractivity contribution is 8.03. The average Bonchev–Trinajstić information content (AvgIpc) is 4.06. The fourth-order valence-electron chi connectivity index (χ4n) is 9.37. The fourth-order valence-corrected chi connectivity index (χ4v) is 10.6. The summed E-state index contributed by atoms with van der Waals surface area (Å²) in [4.78, 5) is 18.5. The van der Waals surface area contributed by atoms with E-state index in [2.05, 4.69) is 212 Å². The van der Waals surface area contributed by atoms with Crippen LogP contribution in [-0.4, -0.2) is 15.0 Å². The van der Waals surface area contributed by atoms with Crippen molar-refractivity contribution in [2.75, 3.05) is 0 Å². The molecule has 62 heavy (non-hydrogen) atoms. The lowest BCUT2D eigenvalue weighted by atomic mass is 9.81. The van der Waals surface area contributed by atoms with Gasteiger partial charge in [-0.05, 0) is 96.0 Å². The highest BCUT2D eigenvalue weighted by Gasteiger charge is 2.38. The Bertz CT molecular complexity index is 3210. The Balaban J connectivity index is 0.959. The van der Waals surface area contributed by atoms with Crippen molar-refractivity contribution in [3.63, 3.8) is 0 Å². The van der Waals surface area contributed by atoms with Crippen molar-refractivity contribution in [1.82, 2.24) is 15.0 Å². The van der Waals surface area contributed by atoms with Gasteiger partial charge in [-0.1, -0.05) is 206 Å². The molecule has 0 N–H and O–H groups in total. The van der Waals surface area contributed by atoms with E-state index in [0.717, 1.165) is 17.0 Å². The molecular formula is C58H39N3S. The van der Waals surface area contributed by atoms with Crippen LogP contribution in [0.25, 0.3) is 72.9 Å². The zero-order valence-electron chi connectivity index (χ0n) is 33.8. The van der Waals surface area contributed by atoms with Gasteiger partial charge < -0.3 is 0 Å². The quantitative estimate of drug-likeness (QED) is 0.153. The third-order valence-electron chi connectivity index (χ3n) is 12.5. The molecule has 292 valence electrons. The van der Waals surface area contributed by atoms with E-state index in [9.17, 15) is 0 Å². The summed E-state index contributed by atoms with van der Waals surface area (Å²) in [5.41, 5.74) is 16.8. The number of benzene rings is 7. The van der Waals surface area contributed by atoms with Gasteiger partial charge in [-0.15, -0.1) is 0 Å². The Hall–Kier alpha value is -7.40. The van der Waals surface area contributed by atoms with E-state index in [1.165, 1.54) is 76.6 Å². The van der Waals surface area contributed by atoms with Gasteiger partial charge in [0, 0.05) is 33.8 Å². The molecule has 1 aromatic heterocycles. The van der Waals surface area contributed by atoms with Gasteiger partial charge in [0.2, 0.25) is 0 Å². The topological polar surface area (TPSA) is 38.7 Å². The van der Waals surface area contributed by atoms with Gasteiger partial charge in [0.25, 0.3) is 0 Å². The first-order valence-electron chi connectivity index (χ1n) is 21.3. The highest BCUT2D eigenvalue weighted by Crippen LogP contribution is 2.57. The Labute approximate surface area is 366 Å². The molecule has 0 spiro atoms. The summed E-state index contributed by atoms with van der Waals surface area (Å²) in [6.07, 6.45) is 15.7. The molecule has 2 heterocycles. The van der Waals surface area contributed by atoms with Gasteiger partial charge >= 0.3 is 0 Å². The molecule has 0 bridgehead atoms. The molecule has 3 atom stereocenters. The van der Waals surface area contributed by atoms with Crippen molar-refractivity contribution < 1.29 is 0 Å². The predicted molar refractivity (Wildman–Crippen MR) is 256 cm³/mol. The molecule has 3 aliphatic carbocycles. The van der Waals surface area contributed by atoms with Crippen molar-refractivity contribution >= 4 is 17.3 Å². The zero-order chi connectivity index (χ0) is 41.0. The molecule has 1 aliphatic heterocycles. The maximum absolute atomic E-state index is 5.41. The van der Waals surface area contributed by atoms with Crippen LogP contribution >= 0.6 is 11.8 Å². The van der Waals surface area contributed by atoms with Crippen molar-refractivity contribution in [3.05, 3.63) is 246 Å². The van der Waals surface area contributed by atoms with Crippen LogP contribution in [0.2, 0.25) is 0 Å². The Morgan fingerprint density at radius 3 is 1.90 bits per heavy atom. The molecule has 4 aliphatic rings. The summed E-state index contributed by atoms with van der Waals surface area (Å²) in [5.74, 6) is 2.51. The van der Waals surface area contributed by atoms with E-state index in [0.29, 0.717) is 17.6 Å². The van der Waals surface area contributed by atoms with Crippen molar-refractivity contribution in [2.45, 2.75) is 16.7 Å². The number of aromatic nitrogens is 3. The fraction of sp³-hybridized carbons (Fsp3) is 0.0517. The van der Waals surface area contributed by atoms with E-state index in [4.69, 9.17) is 15.0 Å². The number of rotatable bonds is 8. The Kier molecular flexibility index (Phi) is 8.97. The predicted octanol–water partition coefficient (Wildman–Crippen LogP) is 14.8. The lowest BCUT2D eigenvalue weighted by molar-refractivity contribution is 0.671. The standard InChI is InChI=1S/C58H39N3S/c1-4-15-37(16-5-1)40-21-12-22-41(33-40)42-29-31-45(50(34-42)38-17-6-2-7-18-38)44-30-32-53-52(36-44)55-49(27-14-28-54(55)62-53)58-60-56(39-19-8-3-9-20-39)59-57(61-58)48-25-11-10-24-46(48)47-26-13-23-43-35-51(43)47/h1-36,49,51,55H/t49?,51-,55?/m0/s1. The van der Waals surface area contributed by atoms with E-state index >= 15 is 0 Å². The molecule has 12 rings (SSSR count). The van der Waals surface area contributed by atoms with Crippen molar-refractivity contribution in [3.8, 4) is 67.3 Å². The number of hydrogen-bond acceptors (Lipinski definition) is 4. The van der Waals surface area contributed by atoms with Gasteiger partial charge in [0.05, 0.1) is 0 Å². The van der Waals surface area contributed by atoms with Crippen LogP contribution in [0.4, 0.5) is 0 Å². The number of thioether (sulfide) groups is 1. The van der Waals surface area contributed by atoms with Gasteiger partial charge in [0.1, 0.15) is 5.82 Å². The summed E-state index contributed by atoms with van der Waals surface area (Å²) in [5, 5.41) is 0. The van der Waals surface area contributed by atoms with Gasteiger partial charge in [-0.3, -0.25) is 0 Å². The van der Waals surface area contributed by atoms with E-state index in [-0.39, 0.29) is 11.8 Å². The summed E-state index contributed by atoms with van der Waals surface area (Å²) in [6.45, 7) is 0. The second-order valence-electron chi connectivity index (χ2n) is 16.3. The molecule has 8 aromatic rings. The second-order valence-corrected chi connectivity index (χ2v) is 17.4. The first-order valence-corrected chi connectivity index (χ1v) is 22.1. The van der Waals surface area contributed by atoms with Crippen LogP contribution in [0, 0.1) is 5.92 Å². The molecular weight excluding hydrogens is 771 g/mol. The van der Waals surface area contributed by atoms with Crippen LogP contribution in [0.15, 0.2) is 234 Å². The van der Waals surface area contributed by atoms with Crippen LogP contribution in [0.3, 0.4) is 0 Å². The lowest BCUT2D eigenvalue weighted by Crippen LogP contribution is -2.15. The van der Waals surface area contributed by atoms with Crippen LogP contribution < -0.4 is 0 Å². The maximum atomic E-state index is 5.41. The molecule has 2 unspecified atom stereocenters. The molecule has 0 fully saturated rings. The number of hydrogen-bond donors (Lipinski definition) is 0. The van der Waals surface area contributed by atoms with Crippen molar-refractivity contribution in [2.24, 2.45) is 5.92 Å². The molecule has 4 heteroatoms. The van der Waals surface area contributed by atoms with Gasteiger partial charge in [-0.2, -0.15) is 0 Å². The minimum absolute atomic E-state index is 0.0682. The maximum Gasteiger partial charge on any atom is 0.164 e. The summed E-state index contributed by atoms with van der Waals surface area (Å²) in [6, 6.07) is 63.2. The molecule has 0 saturated heterocycles.